The third-order valence-corrected chi connectivity index (χ3v) is 5.22. The van der Waals surface area contributed by atoms with Crippen molar-refractivity contribution in [2.24, 2.45) is 5.92 Å². The first-order valence-electron chi connectivity index (χ1n) is 6.62. The summed E-state index contributed by atoms with van der Waals surface area (Å²) in [5.41, 5.74) is 0. The van der Waals surface area contributed by atoms with Crippen molar-refractivity contribution in [1.82, 2.24) is 4.90 Å². The molecule has 2 rings (SSSR count). The van der Waals surface area contributed by atoms with Crippen LogP contribution in [0.4, 0.5) is 0 Å². The van der Waals surface area contributed by atoms with Gasteiger partial charge in [-0.15, -0.1) is 11.3 Å². The predicted molar refractivity (Wildman–Crippen MR) is 80.4 cm³/mol. The zero-order valence-electron chi connectivity index (χ0n) is 10.8. The second kappa shape index (κ2) is 6.83. The average molecular weight is 330 g/mol. The van der Waals surface area contributed by atoms with Crippen molar-refractivity contribution in [2.45, 2.75) is 32.1 Å². The Morgan fingerprint density at radius 3 is 2.72 bits per heavy atom. The third-order valence-electron chi connectivity index (χ3n) is 3.56. The van der Waals surface area contributed by atoms with E-state index in [1.165, 1.54) is 43.4 Å². The van der Waals surface area contributed by atoms with Gasteiger partial charge in [0.2, 0.25) is 0 Å². The molecular formula is C14H20BrNOS. The Labute approximate surface area is 122 Å². The summed E-state index contributed by atoms with van der Waals surface area (Å²) < 4.78 is 1.03. The number of hydrogen-bond acceptors (Lipinski definition) is 3. The van der Waals surface area contributed by atoms with Gasteiger partial charge >= 0.3 is 0 Å². The van der Waals surface area contributed by atoms with Crippen LogP contribution in [-0.2, 0) is 0 Å². The number of halogens is 1. The molecule has 1 aromatic rings. The van der Waals surface area contributed by atoms with Crippen molar-refractivity contribution < 1.29 is 4.79 Å². The molecule has 0 radical (unpaired) electrons. The maximum absolute atomic E-state index is 12.1. The average Bonchev–Trinajstić information content (AvgIpc) is 2.77. The molecule has 0 N–H and O–H groups in total. The minimum atomic E-state index is 0.240. The van der Waals surface area contributed by atoms with Crippen molar-refractivity contribution in [3.8, 4) is 0 Å². The van der Waals surface area contributed by atoms with E-state index in [-0.39, 0.29) is 5.78 Å². The summed E-state index contributed by atoms with van der Waals surface area (Å²) in [6, 6.07) is 3.85. The van der Waals surface area contributed by atoms with Gasteiger partial charge in [-0.3, -0.25) is 9.69 Å². The van der Waals surface area contributed by atoms with Gasteiger partial charge in [0.05, 0.1) is 15.2 Å². The second-order valence-corrected chi connectivity index (χ2v) is 7.69. The van der Waals surface area contributed by atoms with E-state index in [0.717, 1.165) is 21.1 Å². The van der Waals surface area contributed by atoms with Gasteiger partial charge in [-0.1, -0.05) is 19.3 Å². The molecule has 0 atom stereocenters. The van der Waals surface area contributed by atoms with E-state index < -0.39 is 0 Å². The molecule has 0 saturated heterocycles. The number of rotatable bonds is 5. The van der Waals surface area contributed by atoms with E-state index in [1.807, 2.05) is 12.1 Å². The molecular weight excluding hydrogens is 310 g/mol. The van der Waals surface area contributed by atoms with Gasteiger partial charge in [-0.05, 0) is 53.9 Å². The Morgan fingerprint density at radius 2 is 2.11 bits per heavy atom. The van der Waals surface area contributed by atoms with Crippen molar-refractivity contribution >= 4 is 33.0 Å². The van der Waals surface area contributed by atoms with Crippen LogP contribution in [0, 0.1) is 5.92 Å². The summed E-state index contributed by atoms with van der Waals surface area (Å²) in [4.78, 5) is 15.1. The molecule has 1 fully saturated rings. The minimum absolute atomic E-state index is 0.240. The van der Waals surface area contributed by atoms with Crippen LogP contribution in [0.15, 0.2) is 15.9 Å². The third kappa shape index (κ3) is 4.18. The van der Waals surface area contributed by atoms with Gasteiger partial charge < -0.3 is 0 Å². The molecule has 0 aromatic carbocycles. The molecule has 1 aromatic heterocycles. The molecule has 1 aliphatic carbocycles. The number of ketones is 1. The summed E-state index contributed by atoms with van der Waals surface area (Å²) in [5, 5.41) is 0. The van der Waals surface area contributed by atoms with Gasteiger partial charge in [0.15, 0.2) is 5.78 Å². The molecule has 100 valence electrons. The molecule has 1 heterocycles. The first kappa shape index (κ1) is 14.2. The largest absolute Gasteiger partial charge is 0.299 e. The highest BCUT2D eigenvalue weighted by atomic mass is 79.9. The fraction of sp³-hybridized carbons (Fsp3) is 0.643. The monoisotopic (exact) mass is 329 g/mol. The summed E-state index contributed by atoms with van der Waals surface area (Å²) in [7, 11) is 2.06. The highest BCUT2D eigenvalue weighted by Crippen LogP contribution is 2.25. The molecule has 0 aliphatic heterocycles. The highest BCUT2D eigenvalue weighted by molar-refractivity contribution is 9.11. The van der Waals surface area contributed by atoms with Gasteiger partial charge in [-0.2, -0.15) is 0 Å². The maximum atomic E-state index is 12.1. The Bertz CT molecular complexity index is 398. The highest BCUT2D eigenvalue weighted by Gasteiger charge is 2.17. The number of carbonyl (C=O) groups excluding carboxylic acids is 1. The molecule has 0 amide bonds. The van der Waals surface area contributed by atoms with Gasteiger partial charge in [-0.25, -0.2) is 0 Å². The second-order valence-electron chi connectivity index (χ2n) is 5.23. The Kier molecular flexibility index (Phi) is 5.39. The lowest BCUT2D eigenvalue weighted by Gasteiger charge is -2.26. The first-order chi connectivity index (χ1) is 8.65. The van der Waals surface area contributed by atoms with Crippen LogP contribution in [0.1, 0.15) is 41.8 Å². The Hall–Kier alpha value is -0.190. The fourth-order valence-corrected chi connectivity index (χ4v) is 3.98. The van der Waals surface area contributed by atoms with Crippen LogP contribution in [0.3, 0.4) is 0 Å². The lowest BCUT2D eigenvalue weighted by atomic mass is 9.89. The van der Waals surface area contributed by atoms with Crippen LogP contribution in [-0.4, -0.2) is 30.8 Å². The normalized spacial score (nSPS) is 17.3. The number of thiophene rings is 1. The first-order valence-corrected chi connectivity index (χ1v) is 8.23. The summed E-state index contributed by atoms with van der Waals surface area (Å²) in [6.07, 6.45) is 6.79. The number of likely N-dealkylation sites (N-methyl/N-ethyl adjacent to an activating group) is 1. The zero-order chi connectivity index (χ0) is 13.0. The lowest BCUT2D eigenvalue weighted by molar-refractivity contribution is 0.0936. The number of hydrogen-bond donors (Lipinski definition) is 0. The molecule has 0 unspecified atom stereocenters. The quantitative estimate of drug-likeness (QED) is 0.754. The van der Waals surface area contributed by atoms with Gasteiger partial charge in [0, 0.05) is 6.54 Å². The maximum Gasteiger partial charge on any atom is 0.186 e. The number of carbonyl (C=O) groups is 1. The minimum Gasteiger partial charge on any atom is -0.299 e. The van der Waals surface area contributed by atoms with E-state index in [9.17, 15) is 4.79 Å². The predicted octanol–water partition coefficient (Wildman–Crippen LogP) is 4.21. The van der Waals surface area contributed by atoms with E-state index in [2.05, 4.69) is 27.9 Å². The van der Waals surface area contributed by atoms with E-state index in [1.54, 1.807) is 0 Å². The molecule has 2 nitrogen and oxygen atoms in total. The smallest absolute Gasteiger partial charge is 0.186 e. The number of nitrogens with zero attached hydrogens (tertiary/aromatic N) is 1. The Morgan fingerprint density at radius 1 is 1.39 bits per heavy atom. The van der Waals surface area contributed by atoms with Gasteiger partial charge in [0.25, 0.3) is 0 Å². The molecule has 4 heteroatoms. The van der Waals surface area contributed by atoms with Crippen LogP contribution in [0.5, 0.6) is 0 Å². The van der Waals surface area contributed by atoms with Crippen LogP contribution < -0.4 is 0 Å². The zero-order valence-corrected chi connectivity index (χ0v) is 13.2. The number of Topliss-reactive ketones (excluding diaryl/α,β-unsaturated/α-hetero) is 1. The summed E-state index contributed by atoms with van der Waals surface area (Å²) in [6.45, 7) is 1.61. The molecule has 18 heavy (non-hydrogen) atoms. The molecule has 1 aliphatic rings. The summed E-state index contributed by atoms with van der Waals surface area (Å²) >= 11 is 4.92. The van der Waals surface area contributed by atoms with Crippen molar-refractivity contribution in [3.05, 3.63) is 20.8 Å². The molecule has 1 saturated carbocycles. The fourth-order valence-electron chi connectivity index (χ4n) is 2.66. The molecule has 0 spiro atoms. The lowest BCUT2D eigenvalue weighted by Crippen LogP contribution is -2.31. The summed E-state index contributed by atoms with van der Waals surface area (Å²) in [5.74, 6) is 1.04. The standard InChI is InChI=1S/C14H20BrNOS/c1-16(9-11-5-3-2-4-6-11)10-12(17)13-7-8-14(15)18-13/h7-8,11H,2-6,9-10H2,1H3. The van der Waals surface area contributed by atoms with E-state index in [0.29, 0.717) is 6.54 Å². The van der Waals surface area contributed by atoms with E-state index in [4.69, 9.17) is 0 Å². The topological polar surface area (TPSA) is 20.3 Å². The SMILES string of the molecule is CN(CC(=O)c1ccc(Br)s1)CC1CCCCC1. The molecule has 0 bridgehead atoms. The van der Waals surface area contributed by atoms with Crippen LogP contribution >= 0.6 is 27.3 Å². The Balaban J connectivity index is 1.79. The van der Waals surface area contributed by atoms with Crippen molar-refractivity contribution in [2.75, 3.05) is 20.1 Å². The van der Waals surface area contributed by atoms with Crippen LogP contribution in [0.2, 0.25) is 0 Å². The van der Waals surface area contributed by atoms with Crippen molar-refractivity contribution in [3.63, 3.8) is 0 Å². The van der Waals surface area contributed by atoms with Crippen molar-refractivity contribution in [1.29, 1.82) is 0 Å². The van der Waals surface area contributed by atoms with E-state index >= 15 is 0 Å². The van der Waals surface area contributed by atoms with Gasteiger partial charge in [0.1, 0.15) is 0 Å². The van der Waals surface area contributed by atoms with Crippen LogP contribution in [0.25, 0.3) is 0 Å².